The molecule has 0 saturated heterocycles. The van der Waals surface area contributed by atoms with Crippen LogP contribution in [0.2, 0.25) is 0 Å². The first-order valence-corrected chi connectivity index (χ1v) is 7.22. The summed E-state index contributed by atoms with van der Waals surface area (Å²) >= 11 is 0. The third-order valence-electron chi connectivity index (χ3n) is 4.47. The maximum Gasteiger partial charge on any atom is 0.234 e. The van der Waals surface area contributed by atoms with Crippen LogP contribution in [0, 0.1) is 0 Å². The summed E-state index contributed by atoms with van der Waals surface area (Å²) in [6, 6.07) is 0.394. The Morgan fingerprint density at radius 2 is 2.00 bits per heavy atom. The van der Waals surface area contributed by atoms with Crippen molar-refractivity contribution in [2.75, 3.05) is 20.1 Å². The van der Waals surface area contributed by atoms with E-state index in [-0.39, 0.29) is 11.4 Å². The van der Waals surface area contributed by atoms with Crippen LogP contribution in [0.25, 0.3) is 0 Å². The van der Waals surface area contributed by atoms with Gasteiger partial charge in [-0.25, -0.2) is 0 Å². The van der Waals surface area contributed by atoms with Gasteiger partial charge < -0.3 is 11.1 Å². The molecule has 1 amide bonds. The van der Waals surface area contributed by atoms with E-state index in [2.05, 4.69) is 24.1 Å². The highest BCUT2D eigenvalue weighted by Crippen LogP contribution is 2.18. The maximum absolute atomic E-state index is 12.0. The van der Waals surface area contributed by atoms with E-state index in [1.165, 1.54) is 19.3 Å². The van der Waals surface area contributed by atoms with Crippen molar-refractivity contribution in [2.45, 2.75) is 64.0 Å². The molecule has 4 nitrogen and oxygen atoms in total. The number of hydrogen-bond acceptors (Lipinski definition) is 3. The fourth-order valence-electron chi connectivity index (χ4n) is 2.50. The van der Waals surface area contributed by atoms with Gasteiger partial charge in [-0.2, -0.15) is 0 Å². The van der Waals surface area contributed by atoms with E-state index < -0.39 is 0 Å². The maximum atomic E-state index is 12.0. The minimum absolute atomic E-state index is 0.0795. The Balaban J connectivity index is 2.38. The molecule has 0 heterocycles. The quantitative estimate of drug-likeness (QED) is 0.756. The highest BCUT2D eigenvalue weighted by Gasteiger charge is 2.27. The first kappa shape index (κ1) is 15.4. The van der Waals surface area contributed by atoms with Gasteiger partial charge in [0.2, 0.25) is 5.91 Å². The SMILES string of the molecule is CCC(C)(CN)N(C)CC(=O)NC1CCCCC1. The van der Waals surface area contributed by atoms with Gasteiger partial charge in [-0.1, -0.05) is 26.2 Å². The van der Waals surface area contributed by atoms with Crippen LogP contribution in [0.4, 0.5) is 0 Å². The van der Waals surface area contributed by atoms with E-state index in [0.29, 0.717) is 19.1 Å². The number of nitrogens with two attached hydrogens (primary N) is 1. The van der Waals surface area contributed by atoms with Crippen molar-refractivity contribution < 1.29 is 4.79 Å². The van der Waals surface area contributed by atoms with Crippen molar-refractivity contribution in [3.05, 3.63) is 0 Å². The zero-order valence-corrected chi connectivity index (χ0v) is 12.2. The standard InChI is InChI=1S/C14H29N3O/c1-4-14(2,11-15)17(3)10-13(18)16-12-8-6-5-7-9-12/h12H,4-11,15H2,1-3H3,(H,16,18). The number of nitrogens with one attached hydrogen (secondary N) is 1. The molecule has 1 aliphatic carbocycles. The van der Waals surface area contributed by atoms with Crippen molar-refractivity contribution in [2.24, 2.45) is 5.73 Å². The zero-order valence-electron chi connectivity index (χ0n) is 12.2. The Labute approximate surface area is 111 Å². The summed E-state index contributed by atoms with van der Waals surface area (Å²) in [7, 11) is 1.98. The summed E-state index contributed by atoms with van der Waals surface area (Å²) in [6.07, 6.45) is 7.03. The number of amides is 1. The summed E-state index contributed by atoms with van der Waals surface area (Å²) < 4.78 is 0. The fraction of sp³-hybridized carbons (Fsp3) is 0.929. The van der Waals surface area contributed by atoms with Crippen LogP contribution in [-0.2, 0) is 4.79 Å². The van der Waals surface area contributed by atoms with Crippen LogP contribution >= 0.6 is 0 Å². The van der Waals surface area contributed by atoms with Gasteiger partial charge in [-0.3, -0.25) is 9.69 Å². The normalized spacial score (nSPS) is 20.7. The molecule has 1 atom stereocenters. The lowest BCUT2D eigenvalue weighted by molar-refractivity contribution is -0.124. The van der Waals surface area contributed by atoms with Gasteiger partial charge in [0.05, 0.1) is 6.54 Å². The van der Waals surface area contributed by atoms with Crippen molar-refractivity contribution >= 4 is 5.91 Å². The molecule has 0 aromatic carbocycles. The Hall–Kier alpha value is -0.610. The van der Waals surface area contributed by atoms with E-state index in [0.717, 1.165) is 19.3 Å². The van der Waals surface area contributed by atoms with Gasteiger partial charge in [-0.05, 0) is 33.2 Å². The summed E-state index contributed by atoms with van der Waals surface area (Å²) in [5.41, 5.74) is 5.73. The molecular formula is C14H29N3O. The number of carbonyl (C=O) groups excluding carboxylic acids is 1. The Morgan fingerprint density at radius 3 is 2.50 bits per heavy atom. The number of hydrogen-bond donors (Lipinski definition) is 2. The number of nitrogens with zero attached hydrogens (tertiary/aromatic N) is 1. The van der Waals surface area contributed by atoms with Crippen LogP contribution in [0.3, 0.4) is 0 Å². The third-order valence-corrected chi connectivity index (χ3v) is 4.47. The predicted molar refractivity (Wildman–Crippen MR) is 75.4 cm³/mol. The van der Waals surface area contributed by atoms with E-state index in [9.17, 15) is 4.79 Å². The average molecular weight is 255 g/mol. The molecule has 0 aromatic rings. The predicted octanol–water partition coefficient (Wildman–Crippen LogP) is 1.49. The monoisotopic (exact) mass is 255 g/mol. The molecule has 0 aliphatic heterocycles. The topological polar surface area (TPSA) is 58.4 Å². The minimum atomic E-state index is -0.0795. The molecule has 0 aromatic heterocycles. The second-order valence-electron chi connectivity index (χ2n) is 5.81. The molecule has 0 radical (unpaired) electrons. The van der Waals surface area contributed by atoms with Crippen molar-refractivity contribution in [1.82, 2.24) is 10.2 Å². The Morgan fingerprint density at radius 1 is 1.39 bits per heavy atom. The highest BCUT2D eigenvalue weighted by molar-refractivity contribution is 5.78. The molecule has 0 spiro atoms. The third kappa shape index (κ3) is 4.25. The van der Waals surface area contributed by atoms with E-state index in [1.807, 2.05) is 7.05 Å². The highest BCUT2D eigenvalue weighted by atomic mass is 16.2. The lowest BCUT2D eigenvalue weighted by atomic mass is 9.95. The summed E-state index contributed by atoms with van der Waals surface area (Å²) in [4.78, 5) is 14.1. The minimum Gasteiger partial charge on any atom is -0.352 e. The molecule has 1 saturated carbocycles. The van der Waals surface area contributed by atoms with Gasteiger partial charge >= 0.3 is 0 Å². The van der Waals surface area contributed by atoms with Crippen molar-refractivity contribution in [1.29, 1.82) is 0 Å². The first-order valence-electron chi connectivity index (χ1n) is 7.22. The molecular weight excluding hydrogens is 226 g/mol. The van der Waals surface area contributed by atoms with Crippen LogP contribution in [0.15, 0.2) is 0 Å². The molecule has 1 fully saturated rings. The molecule has 106 valence electrons. The van der Waals surface area contributed by atoms with E-state index in [1.54, 1.807) is 0 Å². The lowest BCUT2D eigenvalue weighted by Crippen LogP contribution is -2.53. The second-order valence-corrected chi connectivity index (χ2v) is 5.81. The average Bonchev–Trinajstić information content (AvgIpc) is 2.38. The molecule has 1 rings (SSSR count). The number of carbonyl (C=O) groups is 1. The lowest BCUT2D eigenvalue weighted by Gasteiger charge is -2.37. The number of likely N-dealkylation sites (N-methyl/N-ethyl adjacent to an activating group) is 1. The van der Waals surface area contributed by atoms with Crippen molar-refractivity contribution in [3.8, 4) is 0 Å². The molecule has 1 unspecified atom stereocenters. The van der Waals surface area contributed by atoms with Crippen LogP contribution < -0.4 is 11.1 Å². The second kappa shape index (κ2) is 7.10. The summed E-state index contributed by atoms with van der Waals surface area (Å²) in [5, 5.41) is 3.15. The molecule has 4 heteroatoms. The van der Waals surface area contributed by atoms with E-state index >= 15 is 0 Å². The largest absolute Gasteiger partial charge is 0.352 e. The molecule has 1 aliphatic rings. The van der Waals surface area contributed by atoms with Gasteiger partial charge in [0.1, 0.15) is 0 Å². The molecule has 0 bridgehead atoms. The van der Waals surface area contributed by atoms with Gasteiger partial charge in [-0.15, -0.1) is 0 Å². The molecule has 3 N–H and O–H groups in total. The molecule has 18 heavy (non-hydrogen) atoms. The Bertz CT molecular complexity index is 258. The number of rotatable bonds is 6. The van der Waals surface area contributed by atoms with Crippen molar-refractivity contribution in [3.63, 3.8) is 0 Å². The zero-order chi connectivity index (χ0) is 13.6. The van der Waals surface area contributed by atoms with Crippen LogP contribution in [-0.4, -0.2) is 42.5 Å². The van der Waals surface area contributed by atoms with Gasteiger partial charge in [0.15, 0.2) is 0 Å². The van der Waals surface area contributed by atoms with Crippen LogP contribution in [0.1, 0.15) is 52.4 Å². The Kier molecular flexibility index (Phi) is 6.09. The summed E-state index contributed by atoms with van der Waals surface area (Å²) in [6.45, 7) is 5.25. The van der Waals surface area contributed by atoms with Gasteiger partial charge in [0.25, 0.3) is 0 Å². The van der Waals surface area contributed by atoms with E-state index in [4.69, 9.17) is 5.73 Å². The first-order chi connectivity index (χ1) is 8.51. The van der Waals surface area contributed by atoms with Crippen LogP contribution in [0.5, 0.6) is 0 Å². The van der Waals surface area contributed by atoms with Gasteiger partial charge in [0, 0.05) is 18.1 Å². The summed E-state index contributed by atoms with van der Waals surface area (Å²) in [5.74, 6) is 0.137. The fourth-order valence-corrected chi connectivity index (χ4v) is 2.50. The smallest absolute Gasteiger partial charge is 0.234 e.